The zero-order valence-electron chi connectivity index (χ0n) is 23.3. The fourth-order valence-corrected chi connectivity index (χ4v) is 6.58. The topological polar surface area (TPSA) is 118 Å². The van der Waals surface area contributed by atoms with E-state index >= 15 is 0 Å². The summed E-state index contributed by atoms with van der Waals surface area (Å²) in [5.74, 6) is 0.613. The van der Waals surface area contributed by atoms with E-state index in [4.69, 9.17) is 9.47 Å². The molecule has 42 heavy (non-hydrogen) atoms. The molecule has 1 heterocycles. The lowest BCUT2D eigenvalue weighted by Crippen LogP contribution is -2.45. The van der Waals surface area contributed by atoms with Crippen molar-refractivity contribution in [2.45, 2.75) is 23.6 Å². The Labute approximate surface area is 245 Å². The zero-order valence-corrected chi connectivity index (χ0v) is 24.9. The molecule has 0 spiro atoms. The fraction of sp³-hybridized carbons (Fsp3) is 0.133. The maximum absolute atomic E-state index is 14.1. The lowest BCUT2D eigenvalue weighted by atomic mass is 10.2. The van der Waals surface area contributed by atoms with Crippen LogP contribution < -0.4 is 9.47 Å². The summed E-state index contributed by atoms with van der Waals surface area (Å²) in [7, 11) is -5.69. The highest BCUT2D eigenvalue weighted by molar-refractivity contribution is 7.90. The van der Waals surface area contributed by atoms with Crippen LogP contribution >= 0.6 is 0 Å². The van der Waals surface area contributed by atoms with Crippen molar-refractivity contribution in [1.29, 1.82) is 0 Å². The van der Waals surface area contributed by atoms with Gasteiger partial charge < -0.3 is 9.47 Å². The molecule has 0 radical (unpaired) electrons. The molecule has 0 amide bonds. The molecule has 1 aliphatic heterocycles. The molecule has 0 saturated heterocycles. The molecule has 0 unspecified atom stereocenters. The number of ether oxygens (including phenoxy) is 2. The number of rotatable bonds is 8. The van der Waals surface area contributed by atoms with Crippen molar-refractivity contribution in [2.75, 3.05) is 14.2 Å². The average Bonchev–Trinajstić information content (AvgIpc) is 3.01. The van der Waals surface area contributed by atoms with Crippen molar-refractivity contribution in [1.82, 2.24) is 8.83 Å². The highest BCUT2D eigenvalue weighted by Crippen LogP contribution is 2.30. The summed E-state index contributed by atoms with van der Waals surface area (Å²) in [5.41, 5.74) is 2.34. The number of sulfonamides is 2. The highest BCUT2D eigenvalue weighted by Gasteiger charge is 2.39. The van der Waals surface area contributed by atoms with Crippen LogP contribution in [0.2, 0.25) is 0 Å². The van der Waals surface area contributed by atoms with E-state index in [1.54, 1.807) is 72.8 Å². The standard InChI is InChI=1S/C30H28N4O6S2/c1-21-5-17-27(18-6-21)41(35,36)33-29(23-9-13-25(39-3)14-10-23)32-34(42(37,38)28-19-7-22(2)8-20-28)30(31-33)24-11-15-26(40-4)16-12-24/h5-20H,1-4H3. The van der Waals surface area contributed by atoms with Gasteiger partial charge in [0.05, 0.1) is 24.0 Å². The van der Waals surface area contributed by atoms with Gasteiger partial charge in [-0.1, -0.05) is 35.4 Å². The molecule has 4 aromatic rings. The summed E-state index contributed by atoms with van der Waals surface area (Å²) >= 11 is 0. The number of benzene rings is 4. The van der Waals surface area contributed by atoms with E-state index in [2.05, 4.69) is 10.2 Å². The van der Waals surface area contributed by atoms with Crippen molar-refractivity contribution in [3.8, 4) is 11.5 Å². The van der Waals surface area contributed by atoms with Crippen molar-refractivity contribution >= 4 is 31.7 Å². The number of amidine groups is 2. The van der Waals surface area contributed by atoms with Gasteiger partial charge in [0.15, 0.2) is 11.7 Å². The molecular weight excluding hydrogens is 576 g/mol. The summed E-state index contributed by atoms with van der Waals surface area (Å²) in [5, 5.41) is 8.95. The van der Waals surface area contributed by atoms with Gasteiger partial charge in [0, 0.05) is 11.1 Å². The van der Waals surface area contributed by atoms with Gasteiger partial charge >= 0.3 is 0 Å². The van der Waals surface area contributed by atoms with Crippen molar-refractivity contribution in [3.05, 3.63) is 119 Å². The summed E-state index contributed by atoms with van der Waals surface area (Å²) in [6, 6.07) is 25.4. The zero-order chi connectivity index (χ0) is 30.1. The van der Waals surface area contributed by atoms with Gasteiger partial charge in [-0.2, -0.15) is 16.8 Å². The van der Waals surface area contributed by atoms with E-state index in [1.165, 1.54) is 38.5 Å². The Morgan fingerprint density at radius 3 is 1.10 bits per heavy atom. The van der Waals surface area contributed by atoms with E-state index in [0.717, 1.165) is 20.0 Å². The molecular formula is C30H28N4O6S2. The Kier molecular flexibility index (Phi) is 7.76. The van der Waals surface area contributed by atoms with Crippen LogP contribution in [0, 0.1) is 13.8 Å². The number of hydrogen-bond acceptors (Lipinski definition) is 8. The van der Waals surface area contributed by atoms with Crippen LogP contribution in [0.3, 0.4) is 0 Å². The highest BCUT2D eigenvalue weighted by atomic mass is 32.2. The summed E-state index contributed by atoms with van der Waals surface area (Å²) in [6.45, 7) is 3.69. The Morgan fingerprint density at radius 1 is 0.500 bits per heavy atom. The Balaban J connectivity index is 1.77. The lowest BCUT2D eigenvalue weighted by Gasteiger charge is -2.31. The van der Waals surface area contributed by atoms with Gasteiger partial charge in [0.2, 0.25) is 0 Å². The molecule has 0 saturated carbocycles. The molecule has 0 aliphatic carbocycles. The number of aryl methyl sites for hydroxylation is 2. The first-order valence-electron chi connectivity index (χ1n) is 12.7. The number of hydrazone groups is 2. The minimum atomic E-state index is -4.35. The molecule has 12 heteroatoms. The first kappa shape index (κ1) is 28.8. The van der Waals surface area contributed by atoms with Crippen molar-refractivity contribution < 1.29 is 26.3 Å². The smallest absolute Gasteiger partial charge is 0.285 e. The molecule has 10 nitrogen and oxygen atoms in total. The van der Waals surface area contributed by atoms with Crippen LogP contribution in [0.4, 0.5) is 0 Å². The third kappa shape index (κ3) is 5.46. The van der Waals surface area contributed by atoms with Gasteiger partial charge in [0.25, 0.3) is 20.0 Å². The van der Waals surface area contributed by atoms with Gasteiger partial charge in [-0.25, -0.2) is 0 Å². The van der Waals surface area contributed by atoms with Gasteiger partial charge in [-0.15, -0.1) is 19.0 Å². The number of methoxy groups -OCH3 is 2. The predicted octanol–water partition coefficient (Wildman–Crippen LogP) is 4.74. The third-order valence-electron chi connectivity index (χ3n) is 6.52. The van der Waals surface area contributed by atoms with E-state index in [9.17, 15) is 16.8 Å². The SMILES string of the molecule is COc1ccc(C2=NN(S(=O)(=O)c3ccc(C)cc3)C(c3ccc(OC)cc3)=NN2S(=O)(=O)c2ccc(C)cc2)cc1. The van der Waals surface area contributed by atoms with Crippen molar-refractivity contribution in [2.24, 2.45) is 10.2 Å². The molecule has 4 aromatic carbocycles. The maximum Gasteiger partial charge on any atom is 0.285 e. The fourth-order valence-electron chi connectivity index (χ4n) is 4.12. The minimum absolute atomic E-state index is 0.0398. The average molecular weight is 605 g/mol. The summed E-state index contributed by atoms with van der Waals surface area (Å²) in [4.78, 5) is -0.0797. The Morgan fingerprint density at radius 2 is 0.810 bits per heavy atom. The second-order valence-corrected chi connectivity index (χ2v) is 13.0. The van der Waals surface area contributed by atoms with Crippen LogP contribution in [0.1, 0.15) is 22.3 Å². The molecule has 0 bridgehead atoms. The van der Waals surface area contributed by atoms with Crippen LogP contribution in [-0.4, -0.2) is 51.6 Å². The monoisotopic (exact) mass is 604 g/mol. The predicted molar refractivity (Wildman–Crippen MR) is 159 cm³/mol. The van der Waals surface area contributed by atoms with Crippen molar-refractivity contribution in [3.63, 3.8) is 0 Å². The van der Waals surface area contributed by atoms with E-state index in [-0.39, 0.29) is 21.5 Å². The van der Waals surface area contributed by atoms with Crippen LogP contribution in [0.25, 0.3) is 0 Å². The second-order valence-electron chi connectivity index (χ2n) is 9.43. The first-order chi connectivity index (χ1) is 20.0. The van der Waals surface area contributed by atoms with Crippen LogP contribution in [-0.2, 0) is 20.0 Å². The van der Waals surface area contributed by atoms with Gasteiger partial charge in [-0.3, -0.25) is 0 Å². The first-order valence-corrected chi connectivity index (χ1v) is 15.6. The normalized spacial score (nSPS) is 13.8. The summed E-state index contributed by atoms with van der Waals surface area (Å²) < 4.78 is 68.3. The molecule has 216 valence electrons. The second kappa shape index (κ2) is 11.3. The quantitative estimate of drug-likeness (QED) is 0.287. The molecule has 1 aliphatic rings. The summed E-state index contributed by atoms with van der Waals surface area (Å²) in [6.07, 6.45) is 0. The van der Waals surface area contributed by atoms with Crippen LogP contribution in [0.15, 0.2) is 117 Å². The van der Waals surface area contributed by atoms with E-state index in [0.29, 0.717) is 22.6 Å². The van der Waals surface area contributed by atoms with Gasteiger partial charge in [0.1, 0.15) is 11.5 Å². The van der Waals surface area contributed by atoms with Gasteiger partial charge in [-0.05, 0) is 86.6 Å². The molecule has 0 N–H and O–H groups in total. The van der Waals surface area contributed by atoms with E-state index < -0.39 is 20.0 Å². The number of nitrogens with zero attached hydrogens (tertiary/aromatic N) is 4. The minimum Gasteiger partial charge on any atom is -0.497 e. The van der Waals surface area contributed by atoms with Crippen LogP contribution in [0.5, 0.6) is 11.5 Å². The molecule has 0 atom stereocenters. The molecule has 5 rings (SSSR count). The Hall–Kier alpha value is -4.68. The number of hydrogen-bond donors (Lipinski definition) is 0. The maximum atomic E-state index is 14.1. The van der Waals surface area contributed by atoms with E-state index in [1.807, 2.05) is 13.8 Å². The largest absolute Gasteiger partial charge is 0.497 e. The lowest BCUT2D eigenvalue weighted by molar-refractivity contribution is 0.414. The molecule has 0 fully saturated rings. The Bertz CT molecular complexity index is 1730. The molecule has 0 aromatic heterocycles. The third-order valence-corrected chi connectivity index (χ3v) is 9.68.